The van der Waals surface area contributed by atoms with Gasteiger partial charge < -0.3 is 24.2 Å². The van der Waals surface area contributed by atoms with E-state index in [1.807, 2.05) is 73.7 Å². The quantitative estimate of drug-likeness (QED) is 0.115. The second-order valence-electron chi connectivity index (χ2n) is 11.4. The number of para-hydroxylation sites is 1. The molecule has 0 amide bonds. The SMILES string of the molecule is C=C/C=C(\C=C/CN(C(=C)/C=C\C1=CC(=C)C(C)N1C1=CCC=CC(N(/C(C=C)=C/C=C(\C)OC)c2ccccc2)=C1)/C(C=C)=C/C=C)OC. The molecule has 1 aromatic rings. The van der Waals surface area contributed by atoms with Crippen LogP contribution in [0.5, 0.6) is 0 Å². The van der Waals surface area contributed by atoms with Crippen LogP contribution in [0.1, 0.15) is 20.3 Å². The number of allylic oxidation sites excluding steroid dienone is 16. The van der Waals surface area contributed by atoms with E-state index in [0.717, 1.165) is 57.6 Å². The third-order valence-corrected chi connectivity index (χ3v) is 8.10. The van der Waals surface area contributed by atoms with E-state index < -0.39 is 0 Å². The summed E-state index contributed by atoms with van der Waals surface area (Å²) < 4.78 is 10.8. The smallest absolute Gasteiger partial charge is 0.118 e. The minimum atomic E-state index is 0.0455. The minimum absolute atomic E-state index is 0.0455. The summed E-state index contributed by atoms with van der Waals surface area (Å²) >= 11 is 0. The molecule has 50 heavy (non-hydrogen) atoms. The standard InChI is InChI=1S/C45H51N3O2/c1-11-21-39(13-3)46(32-20-27-45(50-10)22-12-2)36(6)28-30-44-33-35(5)38(8)47(44)42-25-18-19-26-43(34-42)48(41-23-16-15-17-24-41)40(14-4)31-29-37(7)49-9/h11-17,19-31,33-34,38H,1-6,18,32H2,7-10H3/b27-20-,30-28-,37-29+,39-21+,40-31+,45-22+. The molecule has 0 spiro atoms. The Kier molecular flexibility index (Phi) is 15.2. The molecule has 0 aromatic heterocycles. The molecule has 5 nitrogen and oxygen atoms in total. The number of hydrogen-bond acceptors (Lipinski definition) is 5. The van der Waals surface area contributed by atoms with Crippen molar-refractivity contribution in [3.8, 4) is 0 Å². The fourth-order valence-corrected chi connectivity index (χ4v) is 5.37. The lowest BCUT2D eigenvalue weighted by molar-refractivity contribution is 0.294. The number of anilines is 1. The highest BCUT2D eigenvalue weighted by atomic mass is 16.5. The van der Waals surface area contributed by atoms with Crippen molar-refractivity contribution >= 4 is 5.69 Å². The van der Waals surface area contributed by atoms with Gasteiger partial charge in [0.2, 0.25) is 0 Å². The highest BCUT2D eigenvalue weighted by Crippen LogP contribution is 2.35. The summed E-state index contributed by atoms with van der Waals surface area (Å²) in [6.07, 6.45) is 34.5. The molecule has 1 heterocycles. The predicted octanol–water partition coefficient (Wildman–Crippen LogP) is 10.9. The summed E-state index contributed by atoms with van der Waals surface area (Å²) in [5.41, 5.74) is 7.67. The highest BCUT2D eigenvalue weighted by Gasteiger charge is 2.27. The van der Waals surface area contributed by atoms with Crippen LogP contribution in [0.4, 0.5) is 5.69 Å². The molecule has 0 bridgehead atoms. The van der Waals surface area contributed by atoms with Gasteiger partial charge in [-0.05, 0) is 111 Å². The van der Waals surface area contributed by atoms with Crippen molar-refractivity contribution in [3.63, 3.8) is 0 Å². The average Bonchev–Trinajstić information content (AvgIpc) is 3.25. The summed E-state index contributed by atoms with van der Waals surface area (Å²) in [5.74, 6) is 1.50. The Morgan fingerprint density at radius 1 is 0.920 bits per heavy atom. The average molecular weight is 666 g/mol. The molecule has 0 saturated heterocycles. The lowest BCUT2D eigenvalue weighted by Gasteiger charge is -2.31. The maximum atomic E-state index is 5.42. The Morgan fingerprint density at radius 3 is 2.28 bits per heavy atom. The van der Waals surface area contributed by atoms with Crippen LogP contribution in [-0.4, -0.2) is 36.6 Å². The molecule has 1 atom stereocenters. The molecule has 258 valence electrons. The summed E-state index contributed by atoms with van der Waals surface area (Å²) in [5, 5.41) is 0. The second-order valence-corrected chi connectivity index (χ2v) is 11.4. The fraction of sp³-hybridized carbons (Fsp3) is 0.156. The van der Waals surface area contributed by atoms with E-state index in [1.54, 1.807) is 32.4 Å². The van der Waals surface area contributed by atoms with Crippen LogP contribution < -0.4 is 4.90 Å². The van der Waals surface area contributed by atoms with E-state index in [-0.39, 0.29) is 6.04 Å². The lowest BCUT2D eigenvalue weighted by Crippen LogP contribution is -2.28. The lowest BCUT2D eigenvalue weighted by atomic mass is 10.1. The van der Waals surface area contributed by atoms with Gasteiger partial charge in [-0.15, -0.1) is 0 Å². The zero-order valence-corrected chi connectivity index (χ0v) is 30.1. The minimum Gasteiger partial charge on any atom is -0.501 e. The van der Waals surface area contributed by atoms with Crippen LogP contribution in [-0.2, 0) is 9.47 Å². The molecule has 5 heteroatoms. The number of ether oxygens (including phenoxy) is 2. The number of hydrogen-bond donors (Lipinski definition) is 0. The molecule has 0 saturated carbocycles. The first-order valence-corrected chi connectivity index (χ1v) is 16.5. The van der Waals surface area contributed by atoms with E-state index in [4.69, 9.17) is 9.47 Å². The maximum Gasteiger partial charge on any atom is 0.118 e. The Bertz CT molecular complexity index is 1750. The molecule has 1 unspecified atom stereocenters. The van der Waals surface area contributed by atoms with E-state index in [9.17, 15) is 0 Å². The van der Waals surface area contributed by atoms with E-state index in [2.05, 4.69) is 110 Å². The van der Waals surface area contributed by atoms with Crippen molar-refractivity contribution in [3.05, 3.63) is 224 Å². The molecule has 0 fully saturated rings. The van der Waals surface area contributed by atoms with Gasteiger partial charge in [-0.25, -0.2) is 0 Å². The summed E-state index contributed by atoms with van der Waals surface area (Å²) in [7, 11) is 3.30. The van der Waals surface area contributed by atoms with Gasteiger partial charge in [0, 0.05) is 46.4 Å². The Morgan fingerprint density at radius 2 is 1.64 bits per heavy atom. The van der Waals surface area contributed by atoms with Crippen LogP contribution in [0.3, 0.4) is 0 Å². The number of benzene rings is 1. The molecule has 1 aromatic carbocycles. The highest BCUT2D eigenvalue weighted by molar-refractivity contribution is 5.64. The van der Waals surface area contributed by atoms with Crippen molar-refractivity contribution in [1.29, 1.82) is 0 Å². The molecule has 0 N–H and O–H groups in total. The molecular formula is C45H51N3O2. The van der Waals surface area contributed by atoms with Gasteiger partial charge in [0.05, 0.1) is 26.0 Å². The van der Waals surface area contributed by atoms with Crippen LogP contribution >= 0.6 is 0 Å². The van der Waals surface area contributed by atoms with Crippen LogP contribution in [0.2, 0.25) is 0 Å². The topological polar surface area (TPSA) is 28.2 Å². The third kappa shape index (κ3) is 10.3. The van der Waals surface area contributed by atoms with Crippen molar-refractivity contribution in [1.82, 2.24) is 9.80 Å². The van der Waals surface area contributed by atoms with Crippen molar-refractivity contribution in [2.75, 3.05) is 25.7 Å². The fourth-order valence-electron chi connectivity index (χ4n) is 5.37. The number of methoxy groups -OCH3 is 2. The van der Waals surface area contributed by atoms with E-state index in [0.29, 0.717) is 12.3 Å². The number of rotatable bonds is 18. The molecule has 1 aliphatic carbocycles. The van der Waals surface area contributed by atoms with Crippen LogP contribution in [0.25, 0.3) is 0 Å². The molecule has 3 rings (SSSR count). The van der Waals surface area contributed by atoms with E-state index in [1.165, 1.54) is 0 Å². The zero-order chi connectivity index (χ0) is 36.5. The van der Waals surface area contributed by atoms with Crippen molar-refractivity contribution in [2.24, 2.45) is 0 Å². The number of nitrogens with zero attached hydrogens (tertiary/aromatic N) is 3. The van der Waals surface area contributed by atoms with Gasteiger partial charge in [-0.2, -0.15) is 0 Å². The van der Waals surface area contributed by atoms with Crippen LogP contribution in [0, 0.1) is 0 Å². The second kappa shape index (κ2) is 19.8. The summed E-state index contributed by atoms with van der Waals surface area (Å²) in [6, 6.07) is 10.3. The monoisotopic (exact) mass is 665 g/mol. The zero-order valence-electron chi connectivity index (χ0n) is 30.1. The summed E-state index contributed by atoms with van der Waals surface area (Å²) in [6.45, 7) is 29.3. The van der Waals surface area contributed by atoms with Crippen molar-refractivity contribution < 1.29 is 9.47 Å². The van der Waals surface area contributed by atoms with Crippen LogP contribution in [0.15, 0.2) is 224 Å². The molecular weight excluding hydrogens is 615 g/mol. The van der Waals surface area contributed by atoms with Gasteiger partial charge in [-0.1, -0.05) is 88.1 Å². The summed E-state index contributed by atoms with van der Waals surface area (Å²) in [4.78, 5) is 6.58. The largest absolute Gasteiger partial charge is 0.501 e. The first-order valence-electron chi connectivity index (χ1n) is 16.5. The molecule has 0 radical (unpaired) electrons. The van der Waals surface area contributed by atoms with Crippen molar-refractivity contribution in [2.45, 2.75) is 26.3 Å². The van der Waals surface area contributed by atoms with Gasteiger partial charge in [0.1, 0.15) is 5.76 Å². The first kappa shape index (κ1) is 38.5. The molecule has 2 aliphatic rings. The van der Waals surface area contributed by atoms with E-state index >= 15 is 0 Å². The van der Waals surface area contributed by atoms with Gasteiger partial charge >= 0.3 is 0 Å². The maximum absolute atomic E-state index is 5.42. The first-order chi connectivity index (χ1) is 24.2. The Balaban J connectivity index is 2.04. The Hall–Kier alpha value is -5.94. The Labute approximate surface area is 300 Å². The van der Waals surface area contributed by atoms with Gasteiger partial charge in [0.25, 0.3) is 0 Å². The third-order valence-electron chi connectivity index (χ3n) is 8.10. The van der Waals surface area contributed by atoms with Gasteiger partial charge in [-0.3, -0.25) is 0 Å². The predicted molar refractivity (Wildman–Crippen MR) is 214 cm³/mol. The van der Waals surface area contributed by atoms with Gasteiger partial charge in [0.15, 0.2) is 0 Å². The molecule has 1 aliphatic heterocycles. The normalized spacial score (nSPS) is 17.2.